The number of hydrogen-bond donors (Lipinski definition) is 2. The minimum Gasteiger partial charge on any atom is -0.476 e. The van der Waals surface area contributed by atoms with Gasteiger partial charge in [0.25, 0.3) is 0 Å². The number of aromatic carboxylic acids is 1. The summed E-state index contributed by atoms with van der Waals surface area (Å²) in [6.07, 6.45) is 0. The fourth-order valence-corrected chi connectivity index (χ4v) is 1.31. The Kier molecular flexibility index (Phi) is 4.09. The minimum absolute atomic E-state index is 0.0385. The molecule has 0 fully saturated rings. The molecule has 0 aliphatic carbocycles. The monoisotopic (exact) mass is 244 g/mol. The molecule has 0 aliphatic heterocycles. The van der Waals surface area contributed by atoms with Crippen LogP contribution in [0.1, 0.15) is 17.4 Å². The second-order valence-corrected chi connectivity index (χ2v) is 3.85. The molecule has 0 spiro atoms. The lowest BCUT2D eigenvalue weighted by Crippen LogP contribution is -2.32. The van der Waals surface area contributed by atoms with Gasteiger partial charge in [0, 0.05) is 7.05 Å². The Balaban J connectivity index is 3.07. The summed E-state index contributed by atoms with van der Waals surface area (Å²) in [7, 11) is 1.72. The molecule has 1 unspecified atom stereocenters. The van der Waals surface area contributed by atoms with Gasteiger partial charge in [0.2, 0.25) is 0 Å². The first kappa shape index (κ1) is 12.7. The number of aliphatic hydroxyl groups is 1. The van der Waals surface area contributed by atoms with Gasteiger partial charge in [-0.05, 0) is 19.1 Å². The molecule has 1 heterocycles. The number of aliphatic hydroxyl groups excluding tert-OH is 1. The summed E-state index contributed by atoms with van der Waals surface area (Å²) in [5.74, 6) is -0.708. The highest BCUT2D eigenvalue weighted by atomic mass is 35.5. The van der Waals surface area contributed by atoms with E-state index in [0.717, 1.165) is 0 Å². The average Bonchev–Trinajstić information content (AvgIpc) is 2.27. The van der Waals surface area contributed by atoms with Crippen LogP contribution in [0.4, 0.5) is 5.82 Å². The van der Waals surface area contributed by atoms with Gasteiger partial charge in [-0.25, -0.2) is 9.78 Å². The third-order valence-corrected chi connectivity index (χ3v) is 2.63. The summed E-state index contributed by atoms with van der Waals surface area (Å²) in [4.78, 5) is 16.4. The number of pyridine rings is 1. The summed E-state index contributed by atoms with van der Waals surface area (Å²) in [5, 5.41) is 17.9. The van der Waals surface area contributed by atoms with Crippen LogP contribution in [0.5, 0.6) is 0 Å². The molecule has 88 valence electrons. The third kappa shape index (κ3) is 2.62. The first-order chi connectivity index (χ1) is 7.47. The zero-order valence-electron chi connectivity index (χ0n) is 9.01. The molecule has 1 aromatic heterocycles. The molecule has 1 atom stereocenters. The number of hydrogen-bond acceptors (Lipinski definition) is 4. The van der Waals surface area contributed by atoms with E-state index in [4.69, 9.17) is 21.8 Å². The van der Waals surface area contributed by atoms with Crippen molar-refractivity contribution in [3.63, 3.8) is 0 Å². The number of aromatic nitrogens is 1. The van der Waals surface area contributed by atoms with E-state index in [2.05, 4.69) is 4.98 Å². The highest BCUT2D eigenvalue weighted by molar-refractivity contribution is 6.33. The van der Waals surface area contributed by atoms with Crippen LogP contribution in [0.3, 0.4) is 0 Å². The van der Waals surface area contributed by atoms with Crippen molar-refractivity contribution in [2.24, 2.45) is 0 Å². The summed E-state index contributed by atoms with van der Waals surface area (Å²) < 4.78 is 0. The number of nitrogens with zero attached hydrogens (tertiary/aromatic N) is 2. The fraction of sp³-hybridized carbons (Fsp3) is 0.400. The van der Waals surface area contributed by atoms with Crippen LogP contribution in [0.25, 0.3) is 0 Å². The van der Waals surface area contributed by atoms with Gasteiger partial charge in [-0.1, -0.05) is 11.6 Å². The van der Waals surface area contributed by atoms with E-state index in [0.29, 0.717) is 5.82 Å². The van der Waals surface area contributed by atoms with Crippen LogP contribution in [0.15, 0.2) is 12.1 Å². The third-order valence-electron chi connectivity index (χ3n) is 2.32. The SMILES string of the molecule is CC(CO)N(C)c1ccc(Cl)c(C(=O)O)n1. The quantitative estimate of drug-likeness (QED) is 0.834. The molecule has 2 N–H and O–H groups in total. The van der Waals surface area contributed by atoms with Gasteiger partial charge in [0.15, 0.2) is 5.69 Å². The van der Waals surface area contributed by atoms with Gasteiger partial charge in [-0.15, -0.1) is 0 Å². The van der Waals surface area contributed by atoms with E-state index in [9.17, 15) is 4.79 Å². The molecule has 1 aromatic rings. The van der Waals surface area contributed by atoms with E-state index in [1.165, 1.54) is 6.07 Å². The summed E-state index contributed by atoms with van der Waals surface area (Å²) in [5.41, 5.74) is -0.184. The lowest BCUT2D eigenvalue weighted by molar-refractivity contribution is 0.0691. The normalized spacial score (nSPS) is 12.2. The van der Waals surface area contributed by atoms with Crippen molar-refractivity contribution in [2.45, 2.75) is 13.0 Å². The maximum Gasteiger partial charge on any atom is 0.356 e. The second-order valence-electron chi connectivity index (χ2n) is 3.45. The maximum absolute atomic E-state index is 10.8. The number of carboxylic acids is 1. The Bertz CT molecular complexity index is 398. The molecule has 0 saturated carbocycles. The maximum atomic E-state index is 10.8. The summed E-state index contributed by atoms with van der Waals surface area (Å²) >= 11 is 5.70. The summed E-state index contributed by atoms with van der Waals surface area (Å²) in [6.45, 7) is 1.76. The van der Waals surface area contributed by atoms with Gasteiger partial charge in [-0.2, -0.15) is 0 Å². The largest absolute Gasteiger partial charge is 0.476 e. The smallest absolute Gasteiger partial charge is 0.356 e. The van der Waals surface area contributed by atoms with Crippen LogP contribution >= 0.6 is 11.6 Å². The van der Waals surface area contributed by atoms with Gasteiger partial charge >= 0.3 is 5.97 Å². The number of rotatable bonds is 4. The average molecular weight is 245 g/mol. The highest BCUT2D eigenvalue weighted by Gasteiger charge is 2.15. The first-order valence-corrected chi connectivity index (χ1v) is 5.08. The predicted molar refractivity (Wildman–Crippen MR) is 61.2 cm³/mol. The van der Waals surface area contributed by atoms with Gasteiger partial charge in [0.1, 0.15) is 5.82 Å². The standard InChI is InChI=1S/C10H13ClN2O3/c1-6(5-14)13(2)8-4-3-7(11)9(12-8)10(15)16/h3-4,6,14H,5H2,1-2H3,(H,15,16). The topological polar surface area (TPSA) is 73.7 Å². The van der Waals surface area contributed by atoms with Crippen LogP contribution < -0.4 is 4.90 Å². The van der Waals surface area contributed by atoms with Crippen LogP contribution in [-0.4, -0.2) is 40.9 Å². The van der Waals surface area contributed by atoms with E-state index in [-0.39, 0.29) is 23.4 Å². The van der Waals surface area contributed by atoms with Crippen molar-refractivity contribution in [1.29, 1.82) is 0 Å². The second kappa shape index (κ2) is 5.14. The Morgan fingerprint density at radius 2 is 2.25 bits per heavy atom. The van der Waals surface area contributed by atoms with Crippen molar-refractivity contribution in [3.8, 4) is 0 Å². The number of likely N-dealkylation sites (N-methyl/N-ethyl adjacent to an activating group) is 1. The first-order valence-electron chi connectivity index (χ1n) is 4.71. The molecule has 0 amide bonds. The van der Waals surface area contributed by atoms with Crippen molar-refractivity contribution < 1.29 is 15.0 Å². The number of halogens is 1. The highest BCUT2D eigenvalue weighted by Crippen LogP contribution is 2.19. The molecule has 16 heavy (non-hydrogen) atoms. The number of carboxylic acid groups (broad SMARTS) is 1. The predicted octanol–water partition coefficient (Wildman–Crippen LogP) is 1.25. The molecule has 6 heteroatoms. The van der Waals surface area contributed by atoms with Gasteiger partial charge < -0.3 is 15.1 Å². The summed E-state index contributed by atoms with van der Waals surface area (Å²) in [6, 6.07) is 2.95. The van der Waals surface area contributed by atoms with Crippen molar-refractivity contribution in [3.05, 3.63) is 22.8 Å². The number of carbonyl (C=O) groups is 1. The van der Waals surface area contributed by atoms with E-state index in [1.54, 1.807) is 24.9 Å². The Morgan fingerprint density at radius 3 is 2.75 bits per heavy atom. The Hall–Kier alpha value is -1.33. The van der Waals surface area contributed by atoms with E-state index < -0.39 is 5.97 Å². The Morgan fingerprint density at radius 1 is 1.62 bits per heavy atom. The van der Waals surface area contributed by atoms with Crippen LogP contribution in [0, 0.1) is 0 Å². The minimum atomic E-state index is -1.17. The molecule has 0 radical (unpaired) electrons. The van der Waals surface area contributed by atoms with Crippen LogP contribution in [-0.2, 0) is 0 Å². The van der Waals surface area contributed by atoms with Crippen LogP contribution in [0.2, 0.25) is 5.02 Å². The van der Waals surface area contributed by atoms with Crippen molar-refractivity contribution in [1.82, 2.24) is 4.98 Å². The molecule has 0 aliphatic rings. The molecule has 0 bridgehead atoms. The van der Waals surface area contributed by atoms with Crippen molar-refractivity contribution in [2.75, 3.05) is 18.6 Å². The molecule has 1 rings (SSSR count). The Labute approximate surface area is 98.3 Å². The number of anilines is 1. The zero-order valence-corrected chi connectivity index (χ0v) is 9.77. The molecule has 0 aromatic carbocycles. The van der Waals surface area contributed by atoms with E-state index >= 15 is 0 Å². The molecular formula is C10H13ClN2O3. The molecular weight excluding hydrogens is 232 g/mol. The lowest BCUT2D eigenvalue weighted by Gasteiger charge is -2.24. The lowest BCUT2D eigenvalue weighted by atomic mass is 10.3. The molecule has 5 nitrogen and oxygen atoms in total. The van der Waals surface area contributed by atoms with Gasteiger partial charge in [0.05, 0.1) is 17.7 Å². The van der Waals surface area contributed by atoms with E-state index in [1.807, 2.05) is 0 Å². The van der Waals surface area contributed by atoms with Gasteiger partial charge in [-0.3, -0.25) is 0 Å². The zero-order chi connectivity index (χ0) is 12.3. The molecule has 0 saturated heterocycles. The fourth-order valence-electron chi connectivity index (χ4n) is 1.13. The van der Waals surface area contributed by atoms with Crippen molar-refractivity contribution >= 4 is 23.4 Å².